The number of piperazine rings is 1. The van der Waals surface area contributed by atoms with Crippen molar-refractivity contribution in [3.8, 4) is 22.8 Å². The van der Waals surface area contributed by atoms with Crippen LogP contribution in [-0.4, -0.2) is 61.4 Å². The molecule has 2 heterocycles. The van der Waals surface area contributed by atoms with Crippen molar-refractivity contribution in [1.29, 1.82) is 0 Å². The number of para-hydroxylation sites is 1. The van der Waals surface area contributed by atoms with Gasteiger partial charge in [0.1, 0.15) is 0 Å². The third kappa shape index (κ3) is 4.27. The lowest BCUT2D eigenvalue weighted by Gasteiger charge is -2.35. The first kappa shape index (κ1) is 20.9. The van der Waals surface area contributed by atoms with E-state index in [0.717, 1.165) is 17.1 Å². The summed E-state index contributed by atoms with van der Waals surface area (Å²) < 4.78 is 10.7. The van der Waals surface area contributed by atoms with Crippen molar-refractivity contribution in [1.82, 2.24) is 15.1 Å². The first-order valence-corrected chi connectivity index (χ1v) is 10.3. The molecule has 1 amide bonds. The van der Waals surface area contributed by atoms with Gasteiger partial charge in [0, 0.05) is 31.7 Å². The Bertz CT molecular complexity index is 1070. The Hall–Kier alpha value is -3.32. The predicted molar refractivity (Wildman–Crippen MR) is 120 cm³/mol. The Labute approximate surface area is 186 Å². The minimum atomic E-state index is -0.0736. The van der Waals surface area contributed by atoms with E-state index < -0.39 is 0 Å². The molecule has 1 saturated heterocycles. The van der Waals surface area contributed by atoms with E-state index in [1.807, 2.05) is 41.3 Å². The summed E-state index contributed by atoms with van der Waals surface area (Å²) in [6, 6.07) is 16.7. The quantitative estimate of drug-likeness (QED) is 0.604. The van der Waals surface area contributed by atoms with Gasteiger partial charge in [-0.2, -0.15) is 0 Å². The molecule has 1 aliphatic rings. The first-order valence-electron chi connectivity index (χ1n) is 9.96. The van der Waals surface area contributed by atoms with Gasteiger partial charge in [0.25, 0.3) is 5.91 Å². The van der Waals surface area contributed by atoms with Crippen molar-refractivity contribution < 1.29 is 14.3 Å². The Morgan fingerprint density at radius 2 is 1.68 bits per heavy atom. The van der Waals surface area contributed by atoms with Gasteiger partial charge in [-0.1, -0.05) is 35.9 Å². The first-order chi connectivity index (χ1) is 15.1. The molecule has 0 saturated carbocycles. The molecule has 0 unspecified atom stereocenters. The van der Waals surface area contributed by atoms with E-state index in [-0.39, 0.29) is 5.91 Å². The highest BCUT2D eigenvalue weighted by Crippen LogP contribution is 2.32. The van der Waals surface area contributed by atoms with Gasteiger partial charge in [0.05, 0.1) is 30.5 Å². The van der Waals surface area contributed by atoms with Crippen LogP contribution in [0.25, 0.3) is 11.3 Å². The van der Waals surface area contributed by atoms with Crippen molar-refractivity contribution in [2.75, 3.05) is 45.3 Å². The van der Waals surface area contributed by atoms with Crippen LogP contribution in [0.15, 0.2) is 54.6 Å². The minimum absolute atomic E-state index is 0.0736. The van der Waals surface area contributed by atoms with Gasteiger partial charge in [-0.3, -0.25) is 4.79 Å². The third-order valence-electron chi connectivity index (χ3n) is 5.32. The number of amides is 1. The van der Waals surface area contributed by atoms with Crippen LogP contribution in [0.1, 0.15) is 10.4 Å². The van der Waals surface area contributed by atoms with Crippen LogP contribution >= 0.6 is 11.6 Å². The SMILES string of the molecule is COc1cccc(C(=O)N2CCN(c3ccc(-c4ccccc4Cl)nn3)CC2)c1OC. The number of methoxy groups -OCH3 is 2. The molecule has 3 aromatic rings. The summed E-state index contributed by atoms with van der Waals surface area (Å²) in [4.78, 5) is 17.0. The molecule has 1 aliphatic heterocycles. The molecule has 0 aliphatic carbocycles. The van der Waals surface area contributed by atoms with Gasteiger partial charge >= 0.3 is 0 Å². The molecule has 160 valence electrons. The summed E-state index contributed by atoms with van der Waals surface area (Å²) in [6.45, 7) is 2.48. The van der Waals surface area contributed by atoms with Crippen LogP contribution < -0.4 is 14.4 Å². The van der Waals surface area contributed by atoms with Crippen molar-refractivity contribution in [2.45, 2.75) is 0 Å². The fraction of sp³-hybridized carbons (Fsp3) is 0.261. The van der Waals surface area contributed by atoms with Gasteiger partial charge in [0.15, 0.2) is 17.3 Å². The zero-order valence-electron chi connectivity index (χ0n) is 17.4. The zero-order chi connectivity index (χ0) is 21.8. The molecule has 0 atom stereocenters. The highest BCUT2D eigenvalue weighted by Gasteiger charge is 2.26. The number of nitrogens with zero attached hydrogens (tertiary/aromatic N) is 4. The normalized spacial score (nSPS) is 13.8. The lowest BCUT2D eigenvalue weighted by molar-refractivity contribution is 0.0742. The maximum Gasteiger partial charge on any atom is 0.257 e. The van der Waals surface area contributed by atoms with E-state index in [2.05, 4.69) is 15.1 Å². The number of hydrogen-bond donors (Lipinski definition) is 0. The van der Waals surface area contributed by atoms with Crippen LogP contribution in [0, 0.1) is 0 Å². The van der Waals surface area contributed by atoms with Gasteiger partial charge < -0.3 is 19.3 Å². The van der Waals surface area contributed by atoms with Crippen LogP contribution in [0.4, 0.5) is 5.82 Å². The smallest absolute Gasteiger partial charge is 0.257 e. The number of rotatable bonds is 5. The molecule has 0 N–H and O–H groups in total. The van der Waals surface area contributed by atoms with E-state index in [0.29, 0.717) is 48.3 Å². The monoisotopic (exact) mass is 438 g/mol. The van der Waals surface area contributed by atoms with Crippen molar-refractivity contribution in [3.05, 3.63) is 65.2 Å². The van der Waals surface area contributed by atoms with E-state index in [1.54, 1.807) is 25.3 Å². The van der Waals surface area contributed by atoms with Crippen molar-refractivity contribution in [3.63, 3.8) is 0 Å². The number of carbonyl (C=O) groups is 1. The van der Waals surface area contributed by atoms with Gasteiger partial charge in [-0.25, -0.2) is 0 Å². The number of hydrogen-bond acceptors (Lipinski definition) is 6. The van der Waals surface area contributed by atoms with Gasteiger partial charge in [0.2, 0.25) is 0 Å². The zero-order valence-corrected chi connectivity index (χ0v) is 18.2. The second-order valence-electron chi connectivity index (χ2n) is 7.08. The lowest BCUT2D eigenvalue weighted by Crippen LogP contribution is -2.49. The summed E-state index contributed by atoms with van der Waals surface area (Å²) in [7, 11) is 3.10. The summed E-state index contributed by atoms with van der Waals surface area (Å²) >= 11 is 6.25. The molecular weight excluding hydrogens is 416 g/mol. The van der Waals surface area contributed by atoms with Crippen LogP contribution in [0.2, 0.25) is 5.02 Å². The number of halogens is 1. The maximum atomic E-state index is 13.1. The van der Waals surface area contributed by atoms with E-state index in [9.17, 15) is 4.79 Å². The van der Waals surface area contributed by atoms with Crippen LogP contribution in [0.5, 0.6) is 11.5 Å². The Morgan fingerprint density at radius 3 is 2.32 bits per heavy atom. The molecule has 1 aromatic heterocycles. The van der Waals surface area contributed by atoms with E-state index in [4.69, 9.17) is 21.1 Å². The molecule has 1 fully saturated rings. The molecule has 7 nitrogen and oxygen atoms in total. The van der Waals surface area contributed by atoms with Crippen molar-refractivity contribution >= 4 is 23.3 Å². The largest absolute Gasteiger partial charge is 0.493 e. The minimum Gasteiger partial charge on any atom is -0.493 e. The molecule has 0 radical (unpaired) electrons. The fourth-order valence-corrected chi connectivity index (χ4v) is 3.90. The summed E-state index contributed by atoms with van der Waals surface area (Å²) in [5.41, 5.74) is 2.08. The van der Waals surface area contributed by atoms with E-state index >= 15 is 0 Å². The summed E-state index contributed by atoms with van der Waals surface area (Å²) in [6.07, 6.45) is 0. The lowest BCUT2D eigenvalue weighted by atomic mass is 10.1. The number of aromatic nitrogens is 2. The molecule has 0 bridgehead atoms. The van der Waals surface area contributed by atoms with Gasteiger partial charge in [-0.15, -0.1) is 10.2 Å². The number of benzene rings is 2. The fourth-order valence-electron chi connectivity index (χ4n) is 3.67. The average Bonchev–Trinajstić information content (AvgIpc) is 2.83. The molecule has 31 heavy (non-hydrogen) atoms. The molecular formula is C23H23ClN4O3. The summed E-state index contributed by atoms with van der Waals surface area (Å²) in [5.74, 6) is 1.71. The van der Waals surface area contributed by atoms with E-state index in [1.165, 1.54) is 7.11 Å². The standard InChI is InChI=1S/C23H23ClN4O3/c1-30-20-9-5-7-17(22(20)31-2)23(29)28-14-12-27(13-15-28)21-11-10-19(25-26-21)16-6-3-4-8-18(16)24/h3-11H,12-15H2,1-2H3. The summed E-state index contributed by atoms with van der Waals surface area (Å²) in [5, 5.41) is 9.36. The number of carbonyl (C=O) groups excluding carboxylic acids is 1. The number of ether oxygens (including phenoxy) is 2. The second-order valence-corrected chi connectivity index (χ2v) is 7.48. The Balaban J connectivity index is 1.43. The Morgan fingerprint density at radius 1 is 0.903 bits per heavy atom. The molecule has 0 spiro atoms. The molecule has 4 rings (SSSR count). The third-order valence-corrected chi connectivity index (χ3v) is 5.65. The van der Waals surface area contributed by atoms with Crippen molar-refractivity contribution in [2.24, 2.45) is 0 Å². The van der Waals surface area contributed by atoms with Crippen LogP contribution in [-0.2, 0) is 0 Å². The maximum absolute atomic E-state index is 13.1. The highest BCUT2D eigenvalue weighted by atomic mass is 35.5. The van der Waals surface area contributed by atoms with Gasteiger partial charge in [-0.05, 0) is 30.3 Å². The topological polar surface area (TPSA) is 67.8 Å². The average molecular weight is 439 g/mol. The second kappa shape index (κ2) is 9.22. The predicted octanol–water partition coefficient (Wildman–Crippen LogP) is 3.78. The highest BCUT2D eigenvalue weighted by molar-refractivity contribution is 6.33. The number of anilines is 1. The molecule has 8 heteroatoms. The Kier molecular flexibility index (Phi) is 6.23. The molecule has 2 aromatic carbocycles. The van der Waals surface area contributed by atoms with Crippen LogP contribution in [0.3, 0.4) is 0 Å².